The van der Waals surface area contributed by atoms with Crippen molar-refractivity contribution >= 4 is 0 Å². The summed E-state index contributed by atoms with van der Waals surface area (Å²) in [6, 6.07) is 11.2. The average molecular weight is 469 g/mol. The quantitative estimate of drug-likeness (QED) is 0.356. The van der Waals surface area contributed by atoms with E-state index in [9.17, 15) is 8.78 Å². The van der Waals surface area contributed by atoms with Gasteiger partial charge in [-0.05, 0) is 79.5 Å². The summed E-state index contributed by atoms with van der Waals surface area (Å²) in [5, 5.41) is 0. The highest BCUT2D eigenvalue weighted by molar-refractivity contribution is 5.65. The highest BCUT2D eigenvalue weighted by Gasteiger charge is 2.25. The predicted molar refractivity (Wildman–Crippen MR) is 137 cm³/mol. The lowest BCUT2D eigenvalue weighted by molar-refractivity contribution is 0.224. The zero-order chi connectivity index (χ0) is 23.9. The van der Waals surface area contributed by atoms with Gasteiger partial charge in [0.1, 0.15) is 0 Å². The summed E-state index contributed by atoms with van der Waals surface area (Å²) >= 11 is 0. The Morgan fingerprint density at radius 2 is 1.24 bits per heavy atom. The Balaban J connectivity index is 1.26. The zero-order valence-electron chi connectivity index (χ0n) is 21.1. The van der Waals surface area contributed by atoms with Crippen molar-refractivity contribution in [3.05, 3.63) is 53.6 Å². The summed E-state index contributed by atoms with van der Waals surface area (Å²) in [4.78, 5) is 0. The minimum atomic E-state index is -0.907. The van der Waals surface area contributed by atoms with Gasteiger partial charge in [0.05, 0.1) is 6.61 Å². The molecule has 0 aromatic heterocycles. The third-order valence-corrected chi connectivity index (χ3v) is 8.53. The molecule has 0 unspecified atom stereocenters. The van der Waals surface area contributed by atoms with E-state index in [4.69, 9.17) is 4.74 Å². The molecule has 0 aliphatic heterocycles. The monoisotopic (exact) mass is 468 g/mol. The smallest absolute Gasteiger partial charge is 0.201 e. The number of hydrogen-bond donors (Lipinski definition) is 0. The van der Waals surface area contributed by atoms with Gasteiger partial charge in [-0.25, -0.2) is 4.39 Å². The standard InChI is InChI=1S/C31H42F2O/c1-3-5-22-6-8-23(9-7-22)10-11-24-12-14-25(15-13-24)26-16-18-27(19-17-26)28-20-21-29(34-4-2)31(33)30(28)32/h16-25H,3-15H2,1-2H3. The second-order valence-corrected chi connectivity index (χ2v) is 10.8. The zero-order valence-corrected chi connectivity index (χ0v) is 21.1. The van der Waals surface area contributed by atoms with Gasteiger partial charge in [-0.3, -0.25) is 0 Å². The van der Waals surface area contributed by atoms with Gasteiger partial charge in [0, 0.05) is 5.56 Å². The van der Waals surface area contributed by atoms with Gasteiger partial charge < -0.3 is 4.74 Å². The Morgan fingerprint density at radius 1 is 0.676 bits per heavy atom. The maximum absolute atomic E-state index is 14.6. The van der Waals surface area contributed by atoms with Crippen molar-refractivity contribution in [2.75, 3.05) is 6.61 Å². The van der Waals surface area contributed by atoms with E-state index in [2.05, 4.69) is 19.1 Å². The molecule has 186 valence electrons. The molecule has 34 heavy (non-hydrogen) atoms. The van der Waals surface area contributed by atoms with Crippen LogP contribution in [0.1, 0.15) is 102 Å². The van der Waals surface area contributed by atoms with Crippen molar-refractivity contribution in [1.29, 1.82) is 0 Å². The molecule has 0 bridgehead atoms. The maximum Gasteiger partial charge on any atom is 0.201 e. The van der Waals surface area contributed by atoms with Crippen molar-refractivity contribution < 1.29 is 13.5 Å². The second kappa shape index (κ2) is 12.2. The SMILES string of the molecule is CCCC1CCC(CCC2CCC(c3ccc(-c4ccc(OCC)c(F)c4F)cc3)CC2)CC1. The number of hydrogen-bond acceptors (Lipinski definition) is 1. The van der Waals surface area contributed by atoms with Crippen LogP contribution in [0.5, 0.6) is 5.75 Å². The molecule has 3 heteroatoms. The lowest BCUT2D eigenvalue weighted by Crippen LogP contribution is -2.17. The number of ether oxygens (including phenoxy) is 1. The first-order valence-corrected chi connectivity index (χ1v) is 13.8. The number of benzene rings is 2. The Morgan fingerprint density at radius 3 is 1.79 bits per heavy atom. The van der Waals surface area contributed by atoms with Crippen LogP contribution in [0.3, 0.4) is 0 Å². The average Bonchev–Trinajstić information content (AvgIpc) is 2.87. The Hall–Kier alpha value is -1.90. The molecule has 0 N–H and O–H groups in total. The van der Waals surface area contributed by atoms with Crippen LogP contribution in [0.15, 0.2) is 36.4 Å². The lowest BCUT2D eigenvalue weighted by Gasteiger charge is -2.32. The molecule has 2 aromatic rings. The van der Waals surface area contributed by atoms with Crippen LogP contribution in [0.4, 0.5) is 8.78 Å². The summed E-state index contributed by atoms with van der Waals surface area (Å²) in [7, 11) is 0. The highest BCUT2D eigenvalue weighted by atomic mass is 19.2. The summed E-state index contributed by atoms with van der Waals surface area (Å²) in [5.74, 6) is 1.70. The third-order valence-electron chi connectivity index (χ3n) is 8.53. The van der Waals surface area contributed by atoms with Gasteiger partial charge in [-0.1, -0.05) is 82.6 Å². The van der Waals surface area contributed by atoms with Crippen molar-refractivity contribution in [3.8, 4) is 16.9 Å². The fourth-order valence-corrected chi connectivity index (χ4v) is 6.43. The summed E-state index contributed by atoms with van der Waals surface area (Å²) in [6.45, 7) is 4.39. The first-order valence-electron chi connectivity index (χ1n) is 13.8. The number of rotatable bonds is 9. The van der Waals surface area contributed by atoms with E-state index in [0.717, 1.165) is 17.8 Å². The second-order valence-electron chi connectivity index (χ2n) is 10.8. The van der Waals surface area contributed by atoms with Crippen LogP contribution >= 0.6 is 0 Å². The first-order chi connectivity index (χ1) is 16.6. The molecule has 0 spiro atoms. The van der Waals surface area contributed by atoms with Gasteiger partial charge in [0.2, 0.25) is 5.82 Å². The van der Waals surface area contributed by atoms with Crippen molar-refractivity contribution in [2.45, 2.75) is 96.8 Å². The van der Waals surface area contributed by atoms with Gasteiger partial charge >= 0.3 is 0 Å². The lowest BCUT2D eigenvalue weighted by atomic mass is 9.74. The summed E-state index contributed by atoms with van der Waals surface area (Å²) < 4.78 is 34.0. The van der Waals surface area contributed by atoms with E-state index in [1.165, 1.54) is 88.7 Å². The molecule has 0 radical (unpaired) electrons. The van der Waals surface area contributed by atoms with Crippen molar-refractivity contribution in [2.24, 2.45) is 17.8 Å². The van der Waals surface area contributed by atoms with Crippen LogP contribution in [-0.2, 0) is 0 Å². The topological polar surface area (TPSA) is 9.23 Å². The Kier molecular flexibility index (Phi) is 9.03. The van der Waals surface area contributed by atoms with Crippen LogP contribution in [0.2, 0.25) is 0 Å². The summed E-state index contributed by atoms with van der Waals surface area (Å²) in [6.07, 6.45) is 16.6. The van der Waals surface area contributed by atoms with Gasteiger partial charge in [0.15, 0.2) is 11.6 Å². The van der Waals surface area contributed by atoms with Crippen molar-refractivity contribution in [3.63, 3.8) is 0 Å². The third kappa shape index (κ3) is 6.20. The van der Waals surface area contributed by atoms with Crippen LogP contribution < -0.4 is 4.74 Å². The van der Waals surface area contributed by atoms with E-state index in [1.807, 2.05) is 12.1 Å². The molecule has 2 aromatic carbocycles. The Labute approximate surface area is 205 Å². The van der Waals surface area contributed by atoms with Crippen LogP contribution in [-0.4, -0.2) is 6.61 Å². The van der Waals surface area contributed by atoms with E-state index >= 15 is 0 Å². The van der Waals surface area contributed by atoms with Crippen molar-refractivity contribution in [1.82, 2.24) is 0 Å². The van der Waals surface area contributed by atoms with Gasteiger partial charge in [-0.15, -0.1) is 0 Å². The first kappa shape index (κ1) is 25.2. The molecule has 2 fully saturated rings. The predicted octanol–water partition coefficient (Wildman–Crippen LogP) is 9.69. The van der Waals surface area contributed by atoms with E-state index in [0.29, 0.717) is 23.7 Å². The largest absolute Gasteiger partial charge is 0.491 e. The molecule has 1 nitrogen and oxygen atoms in total. The van der Waals surface area contributed by atoms with E-state index in [-0.39, 0.29) is 5.75 Å². The molecule has 0 amide bonds. The molecule has 2 aliphatic carbocycles. The van der Waals surface area contributed by atoms with Gasteiger partial charge in [-0.2, -0.15) is 4.39 Å². The highest BCUT2D eigenvalue weighted by Crippen LogP contribution is 2.41. The molecular weight excluding hydrogens is 426 g/mol. The minimum Gasteiger partial charge on any atom is -0.491 e. The van der Waals surface area contributed by atoms with E-state index in [1.54, 1.807) is 13.0 Å². The number of halogens is 2. The molecule has 0 heterocycles. The molecule has 0 atom stereocenters. The fourth-order valence-electron chi connectivity index (χ4n) is 6.43. The Bertz CT molecular complexity index is 890. The van der Waals surface area contributed by atoms with Crippen LogP contribution in [0, 0.1) is 29.4 Å². The maximum atomic E-state index is 14.6. The van der Waals surface area contributed by atoms with Gasteiger partial charge in [0.25, 0.3) is 0 Å². The molecule has 0 saturated heterocycles. The molecular formula is C31H42F2O. The minimum absolute atomic E-state index is 0.0266. The normalized spacial score (nSPS) is 25.3. The van der Waals surface area contributed by atoms with E-state index < -0.39 is 11.6 Å². The molecule has 2 saturated carbocycles. The summed E-state index contributed by atoms with van der Waals surface area (Å²) in [5.41, 5.74) is 2.34. The molecule has 4 rings (SSSR count). The van der Waals surface area contributed by atoms with Crippen LogP contribution in [0.25, 0.3) is 11.1 Å². The fraction of sp³-hybridized carbons (Fsp3) is 0.613. The molecule has 2 aliphatic rings.